The van der Waals surface area contributed by atoms with Gasteiger partial charge in [0.05, 0.1) is 19.3 Å². The average molecular weight is 262 g/mol. The number of aromatic nitrogens is 3. The van der Waals surface area contributed by atoms with Gasteiger partial charge in [-0.2, -0.15) is 0 Å². The van der Waals surface area contributed by atoms with Gasteiger partial charge in [-0.1, -0.05) is 0 Å². The van der Waals surface area contributed by atoms with Crippen molar-refractivity contribution in [2.45, 2.75) is 39.4 Å². The molecule has 0 saturated carbocycles. The molecule has 2 aromatic rings. The largest absolute Gasteiger partial charge is 0.329 e. The van der Waals surface area contributed by atoms with E-state index in [4.69, 9.17) is 0 Å². The predicted molar refractivity (Wildman–Crippen MR) is 72.1 cm³/mol. The molecule has 4 nitrogen and oxygen atoms in total. The van der Waals surface area contributed by atoms with Crippen molar-refractivity contribution in [1.82, 2.24) is 19.9 Å². The number of pyridine rings is 1. The van der Waals surface area contributed by atoms with E-state index in [2.05, 4.69) is 36.1 Å². The second kappa shape index (κ2) is 5.48. The zero-order valence-corrected chi connectivity index (χ0v) is 11.5. The number of hydrogen-bond donors (Lipinski definition) is 1. The quantitative estimate of drug-likeness (QED) is 0.919. The molecule has 2 heterocycles. The number of hydrogen-bond acceptors (Lipinski definition) is 3. The summed E-state index contributed by atoms with van der Waals surface area (Å²) in [5.41, 5.74) is 0.868. The van der Waals surface area contributed by atoms with Crippen LogP contribution < -0.4 is 5.32 Å². The molecule has 0 aliphatic rings. The molecule has 19 heavy (non-hydrogen) atoms. The fourth-order valence-electron chi connectivity index (χ4n) is 1.73. The van der Waals surface area contributed by atoms with Crippen LogP contribution >= 0.6 is 0 Å². The molecular formula is C14H19FN4. The van der Waals surface area contributed by atoms with Gasteiger partial charge in [-0.15, -0.1) is 0 Å². The van der Waals surface area contributed by atoms with Crippen molar-refractivity contribution in [3.63, 3.8) is 0 Å². The maximum Gasteiger partial charge on any atom is 0.141 e. The Labute approximate surface area is 112 Å². The van der Waals surface area contributed by atoms with E-state index in [-0.39, 0.29) is 11.4 Å². The van der Waals surface area contributed by atoms with Crippen molar-refractivity contribution in [1.29, 1.82) is 0 Å². The lowest BCUT2D eigenvalue weighted by Gasteiger charge is -2.20. The van der Waals surface area contributed by atoms with Gasteiger partial charge in [-0.05, 0) is 32.4 Å². The monoisotopic (exact) mass is 262 g/mol. The van der Waals surface area contributed by atoms with Crippen molar-refractivity contribution in [2.24, 2.45) is 0 Å². The molecule has 0 spiro atoms. The first-order valence-corrected chi connectivity index (χ1v) is 6.28. The van der Waals surface area contributed by atoms with Crippen molar-refractivity contribution < 1.29 is 4.39 Å². The zero-order chi connectivity index (χ0) is 13.9. The SMILES string of the molecule is CC(C)(C)NCc1nccn1Cc1cncc(F)c1. The lowest BCUT2D eigenvalue weighted by Crippen LogP contribution is -2.36. The highest BCUT2D eigenvalue weighted by Crippen LogP contribution is 2.08. The molecule has 2 aromatic heterocycles. The third-order valence-corrected chi connectivity index (χ3v) is 2.69. The van der Waals surface area contributed by atoms with Crippen molar-refractivity contribution in [2.75, 3.05) is 0 Å². The molecular weight excluding hydrogens is 243 g/mol. The van der Waals surface area contributed by atoms with Gasteiger partial charge in [0.2, 0.25) is 0 Å². The van der Waals surface area contributed by atoms with Crippen molar-refractivity contribution >= 4 is 0 Å². The third kappa shape index (κ3) is 4.13. The van der Waals surface area contributed by atoms with Crippen LogP contribution in [0.3, 0.4) is 0 Å². The fraction of sp³-hybridized carbons (Fsp3) is 0.429. The van der Waals surface area contributed by atoms with E-state index in [1.807, 2.05) is 10.8 Å². The predicted octanol–water partition coefficient (Wildman–Crippen LogP) is 2.35. The van der Waals surface area contributed by atoms with E-state index in [0.717, 1.165) is 11.4 Å². The molecule has 0 fully saturated rings. The molecule has 5 heteroatoms. The molecule has 0 bridgehead atoms. The molecule has 0 aliphatic heterocycles. The highest BCUT2D eigenvalue weighted by molar-refractivity contribution is 5.12. The minimum atomic E-state index is -0.313. The molecule has 0 amide bonds. The van der Waals surface area contributed by atoms with E-state index < -0.39 is 0 Å². The minimum Gasteiger partial charge on any atom is -0.329 e. The first-order valence-electron chi connectivity index (χ1n) is 6.28. The Bertz CT molecular complexity index is 542. The van der Waals surface area contributed by atoms with Crippen LogP contribution in [-0.4, -0.2) is 20.1 Å². The van der Waals surface area contributed by atoms with E-state index in [1.165, 1.54) is 12.3 Å². The first kappa shape index (κ1) is 13.7. The molecule has 102 valence electrons. The molecule has 0 saturated heterocycles. The molecule has 1 N–H and O–H groups in total. The van der Waals surface area contributed by atoms with Gasteiger partial charge in [0.1, 0.15) is 11.6 Å². The van der Waals surface area contributed by atoms with Crippen LogP contribution in [0.1, 0.15) is 32.2 Å². The van der Waals surface area contributed by atoms with Crippen LogP contribution in [0.15, 0.2) is 30.9 Å². The summed E-state index contributed by atoms with van der Waals surface area (Å²) in [7, 11) is 0. The summed E-state index contributed by atoms with van der Waals surface area (Å²) in [6.45, 7) is 7.58. The second-order valence-electron chi connectivity index (χ2n) is 5.59. The first-order chi connectivity index (χ1) is 8.94. The number of nitrogens with zero attached hydrogens (tertiary/aromatic N) is 3. The van der Waals surface area contributed by atoms with E-state index in [0.29, 0.717) is 13.1 Å². The molecule has 0 atom stereocenters. The maximum absolute atomic E-state index is 13.1. The fourth-order valence-corrected chi connectivity index (χ4v) is 1.73. The number of imidazole rings is 1. The van der Waals surface area contributed by atoms with E-state index in [9.17, 15) is 4.39 Å². The zero-order valence-electron chi connectivity index (χ0n) is 11.5. The highest BCUT2D eigenvalue weighted by atomic mass is 19.1. The molecule has 2 rings (SSSR count). The summed E-state index contributed by atoms with van der Waals surface area (Å²) in [4.78, 5) is 8.18. The van der Waals surface area contributed by atoms with Gasteiger partial charge in [0, 0.05) is 24.1 Å². The van der Waals surface area contributed by atoms with Crippen LogP contribution in [-0.2, 0) is 13.1 Å². The van der Waals surface area contributed by atoms with Gasteiger partial charge in [0.25, 0.3) is 0 Å². The topological polar surface area (TPSA) is 42.7 Å². The number of halogens is 1. The Morgan fingerprint density at radius 1 is 1.32 bits per heavy atom. The van der Waals surface area contributed by atoms with Gasteiger partial charge in [-0.3, -0.25) is 4.98 Å². The minimum absolute atomic E-state index is 0.0389. The second-order valence-corrected chi connectivity index (χ2v) is 5.59. The van der Waals surface area contributed by atoms with Crippen LogP contribution in [0.4, 0.5) is 4.39 Å². The lowest BCUT2D eigenvalue weighted by molar-refractivity contribution is 0.413. The summed E-state index contributed by atoms with van der Waals surface area (Å²) < 4.78 is 15.1. The Hall–Kier alpha value is -1.75. The molecule has 0 radical (unpaired) electrons. The van der Waals surface area contributed by atoms with Gasteiger partial charge in [-0.25, -0.2) is 9.37 Å². The summed E-state index contributed by atoms with van der Waals surface area (Å²) in [6, 6.07) is 1.49. The molecule has 0 unspecified atom stereocenters. The highest BCUT2D eigenvalue weighted by Gasteiger charge is 2.11. The Morgan fingerprint density at radius 2 is 2.11 bits per heavy atom. The van der Waals surface area contributed by atoms with Crippen molar-refractivity contribution in [3.05, 3.63) is 48.1 Å². The summed E-state index contributed by atoms with van der Waals surface area (Å²) in [5.74, 6) is 0.617. The van der Waals surface area contributed by atoms with Gasteiger partial charge < -0.3 is 9.88 Å². The molecule has 0 aliphatic carbocycles. The smallest absolute Gasteiger partial charge is 0.141 e. The van der Waals surface area contributed by atoms with E-state index in [1.54, 1.807) is 12.4 Å². The van der Waals surface area contributed by atoms with Crippen LogP contribution in [0.25, 0.3) is 0 Å². The van der Waals surface area contributed by atoms with Crippen LogP contribution in [0.5, 0.6) is 0 Å². The van der Waals surface area contributed by atoms with E-state index >= 15 is 0 Å². The summed E-state index contributed by atoms with van der Waals surface area (Å²) in [5, 5.41) is 3.39. The average Bonchev–Trinajstić information content (AvgIpc) is 2.73. The van der Waals surface area contributed by atoms with Crippen LogP contribution in [0, 0.1) is 5.82 Å². The van der Waals surface area contributed by atoms with Gasteiger partial charge in [0.15, 0.2) is 0 Å². The number of rotatable bonds is 4. The maximum atomic E-state index is 13.1. The Kier molecular flexibility index (Phi) is 3.95. The Morgan fingerprint density at radius 3 is 2.79 bits per heavy atom. The Balaban J connectivity index is 2.07. The van der Waals surface area contributed by atoms with Crippen LogP contribution in [0.2, 0.25) is 0 Å². The molecule has 0 aromatic carbocycles. The summed E-state index contributed by atoms with van der Waals surface area (Å²) >= 11 is 0. The normalized spacial score (nSPS) is 11.8. The standard InChI is InChI=1S/C14H19FN4/c1-14(2,3)18-9-13-17-4-5-19(13)10-11-6-12(15)8-16-7-11/h4-8,18H,9-10H2,1-3H3. The summed E-state index contributed by atoms with van der Waals surface area (Å²) in [6.07, 6.45) is 6.53. The number of nitrogens with one attached hydrogen (secondary N) is 1. The van der Waals surface area contributed by atoms with Crippen molar-refractivity contribution in [3.8, 4) is 0 Å². The van der Waals surface area contributed by atoms with Gasteiger partial charge >= 0.3 is 0 Å². The third-order valence-electron chi connectivity index (χ3n) is 2.69. The lowest BCUT2D eigenvalue weighted by atomic mass is 10.1.